The maximum Gasteiger partial charge on any atom is 0.673 e. The van der Waals surface area contributed by atoms with E-state index in [1.165, 1.54) is 0 Å². The van der Waals surface area contributed by atoms with Crippen LogP contribution in [0, 0.1) is 0 Å². The zero-order valence-electron chi connectivity index (χ0n) is 9.74. The summed E-state index contributed by atoms with van der Waals surface area (Å²) in [5.41, 5.74) is 0. The van der Waals surface area contributed by atoms with E-state index in [9.17, 15) is 21.5 Å². The molecule has 0 heterocycles. The number of nitrogens with zero attached hydrogens (tertiary/aromatic N) is 1. The summed E-state index contributed by atoms with van der Waals surface area (Å²) in [7, 11) is -4.34. The largest absolute Gasteiger partial charge is 0.673 e. The number of hydrogen-bond donors (Lipinski definition) is 0. The van der Waals surface area contributed by atoms with Crippen LogP contribution in [-0.4, -0.2) is 31.9 Å². The van der Waals surface area contributed by atoms with Crippen molar-refractivity contribution >= 4 is 17.4 Å². The highest BCUT2D eigenvalue weighted by atomic mass is 32.3. The van der Waals surface area contributed by atoms with E-state index in [-0.39, 0.29) is 0 Å². The first-order chi connectivity index (χ1) is 7.55. The second-order valence-electron chi connectivity index (χ2n) is 3.42. The summed E-state index contributed by atoms with van der Waals surface area (Å²) in [4.78, 5) is 0.884. The Morgan fingerprint density at radius 1 is 1.06 bits per heavy atom. The van der Waals surface area contributed by atoms with E-state index in [1.54, 1.807) is 10.6 Å². The van der Waals surface area contributed by atoms with Gasteiger partial charge in [0.05, 0.1) is 0 Å². The van der Waals surface area contributed by atoms with Gasteiger partial charge in [0.25, 0.3) is 0 Å². The van der Waals surface area contributed by atoms with Crippen LogP contribution in [0.15, 0.2) is 35.2 Å². The molecule has 2 nitrogen and oxygen atoms in total. The third kappa shape index (κ3) is 7.12. The molecule has 1 rings (SSSR count). The predicted octanol–water partition coefficient (Wildman–Crippen LogP) is 2.95. The minimum Gasteiger partial charge on any atom is -0.418 e. The molecule has 0 aromatic heterocycles. The normalized spacial score (nSPS) is 14.8. The third-order valence-electron chi connectivity index (χ3n) is 1.88. The maximum atomic E-state index is 12.0. The fourth-order valence-corrected chi connectivity index (χ4v) is 1.97. The first-order valence-electron chi connectivity index (χ1n) is 4.64. The summed E-state index contributed by atoms with van der Waals surface area (Å²) in [5, 5.41) is 0. The summed E-state index contributed by atoms with van der Waals surface area (Å²) in [6.45, 7) is 0. The van der Waals surface area contributed by atoms with Crippen LogP contribution in [0.3, 0.4) is 0 Å². The third-order valence-corrected chi connectivity index (χ3v) is 4.42. The zero-order chi connectivity index (χ0) is 13.7. The molecule has 0 bridgehead atoms. The van der Waals surface area contributed by atoms with Gasteiger partial charge in [0.15, 0.2) is 15.0 Å². The molecule has 0 amide bonds. The maximum absolute atomic E-state index is 12.0. The van der Waals surface area contributed by atoms with Crippen LogP contribution in [0.1, 0.15) is 0 Å². The van der Waals surface area contributed by atoms with Gasteiger partial charge in [0.2, 0.25) is 0 Å². The summed E-state index contributed by atoms with van der Waals surface area (Å²) >= 11 is 0. The smallest absolute Gasteiger partial charge is 0.418 e. The lowest BCUT2D eigenvalue weighted by Crippen LogP contribution is -2.27. The van der Waals surface area contributed by atoms with E-state index in [2.05, 4.69) is 0 Å². The zero-order valence-corrected chi connectivity index (χ0v) is 10.6. The Hall–Kier alpha value is -0.885. The molecule has 98 valence electrons. The Labute approximate surface area is 99.3 Å². The average Bonchev–Trinajstić information content (AvgIpc) is 2.16. The van der Waals surface area contributed by atoms with Crippen LogP contribution >= 0.6 is 0 Å². The van der Waals surface area contributed by atoms with Crippen LogP contribution < -0.4 is 0 Å². The molecule has 17 heavy (non-hydrogen) atoms. The molecule has 8 heteroatoms. The van der Waals surface area contributed by atoms with Crippen LogP contribution in [-0.2, 0) is 14.3 Å². The minimum absolute atomic E-state index is 0.884. The fraction of sp³-hybridized carbons (Fsp3) is 0.333. The second-order valence-corrected chi connectivity index (χ2v) is 6.23. The highest BCUT2D eigenvalue weighted by molar-refractivity contribution is 8.00. The lowest BCUT2D eigenvalue weighted by atomic mass is 10.3. The van der Waals surface area contributed by atoms with Gasteiger partial charge in [-0.05, 0) is 12.1 Å². The average molecular weight is 271 g/mol. The van der Waals surface area contributed by atoms with E-state index in [0.717, 1.165) is 4.90 Å². The molecular formula is C9H14BF4NOS. The molecule has 0 saturated heterocycles. The number of hydrogen-bond acceptors (Lipinski definition) is 1. The molecule has 0 aliphatic heterocycles. The number of halogens is 4. The van der Waals surface area contributed by atoms with Gasteiger partial charge in [0, 0.05) is 14.1 Å². The van der Waals surface area contributed by atoms with Gasteiger partial charge in [-0.2, -0.15) is 0 Å². The highest BCUT2D eigenvalue weighted by Crippen LogP contribution is 2.17. The highest BCUT2D eigenvalue weighted by Gasteiger charge is 2.27. The van der Waals surface area contributed by atoms with Gasteiger partial charge in [0.1, 0.15) is 6.26 Å². The standard InChI is InChI=1S/C9H14NOS.BF4/c1-10(2)12(3,11)9-7-5-4-6-8-9;2-1(3,4)5/h4-8H,1-3H3;/q+1;-1. The van der Waals surface area contributed by atoms with Gasteiger partial charge in [-0.3, -0.25) is 0 Å². The van der Waals surface area contributed by atoms with Crippen molar-refractivity contribution in [2.75, 3.05) is 20.4 Å². The van der Waals surface area contributed by atoms with E-state index in [4.69, 9.17) is 0 Å². The van der Waals surface area contributed by atoms with Crippen molar-refractivity contribution in [2.24, 2.45) is 0 Å². The molecule has 0 N–H and O–H groups in total. The molecule has 1 aromatic carbocycles. The lowest BCUT2D eigenvalue weighted by Gasteiger charge is -2.12. The van der Waals surface area contributed by atoms with Gasteiger partial charge in [-0.25, -0.2) is 0 Å². The molecular weight excluding hydrogens is 257 g/mol. The van der Waals surface area contributed by atoms with Crippen molar-refractivity contribution in [3.8, 4) is 0 Å². The van der Waals surface area contributed by atoms with Gasteiger partial charge in [-0.1, -0.05) is 22.4 Å². The molecule has 0 fully saturated rings. The van der Waals surface area contributed by atoms with Crippen molar-refractivity contribution in [1.82, 2.24) is 4.31 Å². The lowest BCUT2D eigenvalue weighted by molar-refractivity contribution is 0.368. The van der Waals surface area contributed by atoms with Crippen LogP contribution in [0.25, 0.3) is 0 Å². The molecule has 1 aromatic rings. The first-order valence-corrected chi connectivity index (χ1v) is 6.56. The van der Waals surface area contributed by atoms with Crippen LogP contribution in [0.4, 0.5) is 17.3 Å². The molecule has 0 radical (unpaired) electrons. The molecule has 0 spiro atoms. The van der Waals surface area contributed by atoms with Gasteiger partial charge in [-0.15, -0.1) is 4.31 Å². The van der Waals surface area contributed by atoms with Crippen molar-refractivity contribution in [2.45, 2.75) is 4.90 Å². The van der Waals surface area contributed by atoms with E-state index in [0.29, 0.717) is 0 Å². The van der Waals surface area contributed by atoms with Crippen molar-refractivity contribution in [3.63, 3.8) is 0 Å². The Kier molecular flexibility index (Phi) is 5.84. The Balaban J connectivity index is 0.000000437. The minimum atomic E-state index is -6.00. The summed E-state index contributed by atoms with van der Waals surface area (Å²) in [6.07, 6.45) is 1.75. The van der Waals surface area contributed by atoms with E-state index >= 15 is 0 Å². The molecule has 0 aliphatic rings. The first kappa shape index (κ1) is 16.1. The molecule has 1 unspecified atom stereocenters. The quantitative estimate of drug-likeness (QED) is 0.460. The summed E-state index contributed by atoms with van der Waals surface area (Å²) in [6, 6.07) is 9.52. The van der Waals surface area contributed by atoms with Gasteiger partial charge < -0.3 is 17.3 Å². The number of benzene rings is 1. The Morgan fingerprint density at radius 2 is 1.41 bits per heavy atom. The summed E-state index contributed by atoms with van der Waals surface area (Å²) in [5.74, 6) is 0. The van der Waals surface area contributed by atoms with Crippen molar-refractivity contribution in [1.29, 1.82) is 0 Å². The topological polar surface area (TPSA) is 20.3 Å². The van der Waals surface area contributed by atoms with Crippen molar-refractivity contribution in [3.05, 3.63) is 30.3 Å². The Morgan fingerprint density at radius 3 is 1.71 bits per heavy atom. The predicted molar refractivity (Wildman–Crippen MR) is 62.6 cm³/mol. The monoisotopic (exact) mass is 271 g/mol. The van der Waals surface area contributed by atoms with Crippen LogP contribution in [0.2, 0.25) is 0 Å². The van der Waals surface area contributed by atoms with E-state index in [1.807, 2.05) is 44.4 Å². The SMILES string of the molecule is CN(C)[S+](C)(=O)c1ccccc1.F[B-](F)(F)F. The molecule has 0 aliphatic carbocycles. The van der Waals surface area contributed by atoms with Crippen molar-refractivity contribution < 1.29 is 21.5 Å². The molecule has 1 atom stereocenters. The fourth-order valence-electron chi connectivity index (χ4n) is 0.884. The van der Waals surface area contributed by atoms with Crippen LogP contribution in [0.5, 0.6) is 0 Å². The summed E-state index contributed by atoms with van der Waals surface area (Å²) < 4.78 is 52.8. The number of rotatable bonds is 2. The molecule has 0 saturated carbocycles. The Bertz CT molecular complexity index is 376. The second kappa shape index (κ2) is 6.16. The van der Waals surface area contributed by atoms with E-state index < -0.39 is 17.4 Å². The van der Waals surface area contributed by atoms with Gasteiger partial charge >= 0.3 is 7.25 Å².